The Hall–Kier alpha value is -1.10. The molecule has 5 nitrogen and oxygen atoms in total. The van der Waals surface area contributed by atoms with Gasteiger partial charge in [-0.05, 0) is 26.8 Å². The molecule has 0 bridgehead atoms. The highest BCUT2D eigenvalue weighted by Gasteiger charge is 2.32. The van der Waals surface area contributed by atoms with Gasteiger partial charge in [-0.1, -0.05) is 20.8 Å². The van der Waals surface area contributed by atoms with Gasteiger partial charge in [-0.25, -0.2) is 0 Å². The normalized spacial score (nSPS) is 21.3. The van der Waals surface area contributed by atoms with E-state index < -0.39 is 11.5 Å². The van der Waals surface area contributed by atoms with E-state index in [1.165, 1.54) is 0 Å². The second kappa shape index (κ2) is 6.37. The highest BCUT2D eigenvalue weighted by Crippen LogP contribution is 2.18. The summed E-state index contributed by atoms with van der Waals surface area (Å²) in [4.78, 5) is 26.2. The van der Waals surface area contributed by atoms with E-state index in [9.17, 15) is 9.59 Å². The van der Waals surface area contributed by atoms with Crippen LogP contribution >= 0.6 is 0 Å². The molecule has 0 aromatic carbocycles. The predicted molar refractivity (Wildman–Crippen MR) is 75.7 cm³/mol. The molecule has 1 fully saturated rings. The Kier molecular flexibility index (Phi) is 5.35. The van der Waals surface area contributed by atoms with Crippen LogP contribution in [0, 0.1) is 5.41 Å². The Labute approximate surface area is 116 Å². The fourth-order valence-electron chi connectivity index (χ4n) is 2.30. The lowest BCUT2D eigenvalue weighted by Crippen LogP contribution is -2.52. The quantitative estimate of drug-likeness (QED) is 0.791. The lowest BCUT2D eigenvalue weighted by Gasteiger charge is -2.29. The maximum Gasteiger partial charge on any atom is 0.245 e. The molecule has 19 heavy (non-hydrogen) atoms. The van der Waals surface area contributed by atoms with Crippen LogP contribution in [0.4, 0.5) is 0 Å². The number of nitrogens with one attached hydrogen (secondary N) is 2. The zero-order valence-electron chi connectivity index (χ0n) is 12.7. The maximum atomic E-state index is 12.4. The minimum absolute atomic E-state index is 0.0235. The predicted octanol–water partition coefficient (Wildman–Crippen LogP) is 0.748. The SMILES string of the molecule is CNCC1CCCN1C(=O)C(C)NC(=O)C(C)(C)C. The summed E-state index contributed by atoms with van der Waals surface area (Å²) in [6, 6.07) is -0.198. The van der Waals surface area contributed by atoms with Crippen molar-refractivity contribution < 1.29 is 9.59 Å². The highest BCUT2D eigenvalue weighted by molar-refractivity contribution is 5.89. The van der Waals surface area contributed by atoms with Crippen molar-refractivity contribution in [3.8, 4) is 0 Å². The molecule has 1 aliphatic rings. The van der Waals surface area contributed by atoms with Crippen LogP contribution in [0.2, 0.25) is 0 Å². The average Bonchev–Trinajstić information content (AvgIpc) is 2.75. The third kappa shape index (κ3) is 4.20. The first kappa shape index (κ1) is 16.0. The van der Waals surface area contributed by atoms with Crippen LogP contribution in [0.15, 0.2) is 0 Å². The number of hydrogen-bond acceptors (Lipinski definition) is 3. The average molecular weight is 269 g/mol. The van der Waals surface area contributed by atoms with E-state index in [1.807, 2.05) is 32.7 Å². The number of hydrogen-bond donors (Lipinski definition) is 2. The van der Waals surface area contributed by atoms with Gasteiger partial charge in [-0.15, -0.1) is 0 Å². The van der Waals surface area contributed by atoms with Crippen LogP contribution in [0.5, 0.6) is 0 Å². The molecular formula is C14H27N3O2. The maximum absolute atomic E-state index is 12.4. The second-order valence-corrected chi connectivity index (χ2v) is 6.33. The summed E-state index contributed by atoms with van der Waals surface area (Å²) in [6.45, 7) is 8.91. The van der Waals surface area contributed by atoms with Gasteiger partial charge >= 0.3 is 0 Å². The number of carbonyl (C=O) groups is 2. The first-order chi connectivity index (χ1) is 8.77. The standard InChI is InChI=1S/C14H27N3O2/c1-10(16-13(19)14(2,3)4)12(18)17-8-6-7-11(17)9-15-5/h10-11,15H,6-9H2,1-5H3,(H,16,19). The van der Waals surface area contributed by atoms with Crippen molar-refractivity contribution in [3.63, 3.8) is 0 Å². The van der Waals surface area contributed by atoms with E-state index in [2.05, 4.69) is 10.6 Å². The molecule has 0 aliphatic carbocycles. The van der Waals surface area contributed by atoms with Crippen molar-refractivity contribution in [2.24, 2.45) is 5.41 Å². The van der Waals surface area contributed by atoms with E-state index in [4.69, 9.17) is 0 Å². The largest absolute Gasteiger partial charge is 0.344 e. The molecule has 0 spiro atoms. The topological polar surface area (TPSA) is 61.4 Å². The molecule has 1 heterocycles. The number of likely N-dealkylation sites (tertiary alicyclic amines) is 1. The van der Waals surface area contributed by atoms with Crippen LogP contribution in [-0.4, -0.2) is 48.9 Å². The summed E-state index contributed by atoms with van der Waals surface area (Å²) >= 11 is 0. The fourth-order valence-corrected chi connectivity index (χ4v) is 2.30. The summed E-state index contributed by atoms with van der Waals surface area (Å²) in [5.41, 5.74) is -0.468. The molecule has 0 radical (unpaired) electrons. The number of carbonyl (C=O) groups excluding carboxylic acids is 2. The number of amides is 2. The monoisotopic (exact) mass is 269 g/mol. The Bertz CT molecular complexity index is 336. The molecule has 5 heteroatoms. The molecule has 0 aromatic heterocycles. The first-order valence-corrected chi connectivity index (χ1v) is 7.03. The lowest BCUT2D eigenvalue weighted by molar-refractivity contribution is -0.138. The van der Waals surface area contributed by atoms with E-state index in [-0.39, 0.29) is 17.9 Å². The third-order valence-electron chi connectivity index (χ3n) is 3.50. The summed E-state index contributed by atoms with van der Waals surface area (Å²) in [5, 5.41) is 5.93. The Balaban J connectivity index is 2.59. The van der Waals surface area contributed by atoms with Crippen LogP contribution < -0.4 is 10.6 Å². The molecular weight excluding hydrogens is 242 g/mol. The van der Waals surface area contributed by atoms with Gasteiger partial charge in [0.15, 0.2) is 0 Å². The Morgan fingerprint density at radius 1 is 1.37 bits per heavy atom. The Morgan fingerprint density at radius 2 is 2.00 bits per heavy atom. The van der Waals surface area contributed by atoms with Gasteiger partial charge in [-0.2, -0.15) is 0 Å². The van der Waals surface area contributed by atoms with E-state index in [0.717, 1.165) is 25.9 Å². The molecule has 1 aliphatic heterocycles. The second-order valence-electron chi connectivity index (χ2n) is 6.33. The van der Waals surface area contributed by atoms with Gasteiger partial charge in [0.2, 0.25) is 11.8 Å². The first-order valence-electron chi connectivity index (χ1n) is 7.03. The van der Waals surface area contributed by atoms with Gasteiger partial charge in [0, 0.05) is 24.5 Å². The molecule has 0 saturated carbocycles. The molecule has 2 N–H and O–H groups in total. The van der Waals surface area contributed by atoms with E-state index >= 15 is 0 Å². The van der Waals surface area contributed by atoms with E-state index in [1.54, 1.807) is 6.92 Å². The van der Waals surface area contributed by atoms with Gasteiger partial charge in [0.25, 0.3) is 0 Å². The smallest absolute Gasteiger partial charge is 0.245 e. The summed E-state index contributed by atoms with van der Waals surface area (Å²) in [6.07, 6.45) is 2.07. The highest BCUT2D eigenvalue weighted by atomic mass is 16.2. The minimum Gasteiger partial charge on any atom is -0.344 e. The number of rotatable bonds is 4. The number of likely N-dealkylation sites (N-methyl/N-ethyl adjacent to an activating group) is 1. The summed E-state index contributed by atoms with van der Waals surface area (Å²) in [7, 11) is 1.89. The summed E-state index contributed by atoms with van der Waals surface area (Å²) < 4.78 is 0. The molecule has 1 saturated heterocycles. The third-order valence-corrected chi connectivity index (χ3v) is 3.50. The lowest BCUT2D eigenvalue weighted by atomic mass is 9.95. The molecule has 1 rings (SSSR count). The van der Waals surface area contributed by atoms with Crippen LogP contribution in [-0.2, 0) is 9.59 Å². The van der Waals surface area contributed by atoms with Crippen LogP contribution in [0.1, 0.15) is 40.5 Å². The van der Waals surface area contributed by atoms with Crippen LogP contribution in [0.3, 0.4) is 0 Å². The zero-order valence-corrected chi connectivity index (χ0v) is 12.7. The van der Waals surface area contributed by atoms with Crippen molar-refractivity contribution >= 4 is 11.8 Å². The van der Waals surface area contributed by atoms with Crippen molar-refractivity contribution in [2.75, 3.05) is 20.1 Å². The Morgan fingerprint density at radius 3 is 2.53 bits per heavy atom. The van der Waals surface area contributed by atoms with Crippen molar-refractivity contribution in [2.45, 2.75) is 52.6 Å². The van der Waals surface area contributed by atoms with Gasteiger partial charge in [-0.3, -0.25) is 9.59 Å². The molecule has 2 unspecified atom stereocenters. The summed E-state index contributed by atoms with van der Waals surface area (Å²) in [5.74, 6) is -0.0620. The van der Waals surface area contributed by atoms with Gasteiger partial charge in [0.05, 0.1) is 0 Å². The van der Waals surface area contributed by atoms with Crippen LogP contribution in [0.25, 0.3) is 0 Å². The minimum atomic E-state index is -0.468. The molecule has 2 amide bonds. The van der Waals surface area contributed by atoms with Crippen molar-refractivity contribution in [1.82, 2.24) is 15.5 Å². The van der Waals surface area contributed by atoms with Crippen molar-refractivity contribution in [3.05, 3.63) is 0 Å². The zero-order chi connectivity index (χ0) is 14.6. The fraction of sp³-hybridized carbons (Fsp3) is 0.857. The molecule has 2 atom stereocenters. The molecule has 0 aromatic rings. The van der Waals surface area contributed by atoms with Gasteiger partial charge < -0.3 is 15.5 Å². The van der Waals surface area contributed by atoms with Crippen molar-refractivity contribution in [1.29, 1.82) is 0 Å². The molecule has 110 valence electrons. The van der Waals surface area contributed by atoms with Gasteiger partial charge in [0.1, 0.15) is 6.04 Å². The van der Waals surface area contributed by atoms with E-state index in [0.29, 0.717) is 0 Å². The number of nitrogens with zero attached hydrogens (tertiary/aromatic N) is 1.